The molecule has 7 heteroatoms. The third-order valence-corrected chi connectivity index (χ3v) is 3.90. The second kappa shape index (κ2) is 4.02. The third kappa shape index (κ3) is 2.19. The molecule has 19 heavy (non-hydrogen) atoms. The third-order valence-electron chi connectivity index (χ3n) is 3.90. The lowest BCUT2D eigenvalue weighted by Gasteiger charge is -2.32. The molecule has 2 aliphatic rings. The van der Waals surface area contributed by atoms with E-state index in [-0.39, 0.29) is 0 Å². The van der Waals surface area contributed by atoms with Crippen LogP contribution in [-0.4, -0.2) is 30.1 Å². The van der Waals surface area contributed by atoms with Crippen molar-refractivity contribution in [2.75, 3.05) is 0 Å². The zero-order valence-electron chi connectivity index (χ0n) is 11.3. The van der Waals surface area contributed by atoms with E-state index >= 15 is 0 Å². The number of alkyl halides is 2. The Morgan fingerprint density at radius 2 is 1.63 bits per heavy atom. The van der Waals surface area contributed by atoms with E-state index in [1.165, 1.54) is 0 Å². The van der Waals surface area contributed by atoms with Gasteiger partial charge in [-0.1, -0.05) is 0 Å². The molecule has 3 nitrogen and oxygen atoms in total. The van der Waals surface area contributed by atoms with Gasteiger partial charge < -0.3 is 15.0 Å². The first-order valence-corrected chi connectivity index (χ1v) is 6.04. The van der Waals surface area contributed by atoms with E-state index in [0.29, 0.717) is 6.08 Å². The Morgan fingerprint density at radius 1 is 1.16 bits per heavy atom. The van der Waals surface area contributed by atoms with Gasteiger partial charge in [-0.25, -0.2) is 13.2 Å². The summed E-state index contributed by atoms with van der Waals surface area (Å²) in [7, 11) is -1.37. The molecule has 0 amide bonds. The Labute approximate surface area is 110 Å². The minimum atomic E-state index is -2.41. The van der Waals surface area contributed by atoms with Gasteiger partial charge >= 0.3 is 7.12 Å². The fraction of sp³-hybridized carbons (Fsp3) is 0.667. The summed E-state index contributed by atoms with van der Waals surface area (Å²) < 4.78 is 52.4. The maximum atomic E-state index is 14.7. The van der Waals surface area contributed by atoms with Crippen molar-refractivity contribution in [3.05, 3.63) is 23.7 Å². The van der Waals surface area contributed by atoms with E-state index in [9.17, 15) is 13.2 Å². The average molecular weight is 275 g/mol. The quantitative estimate of drug-likeness (QED) is 0.747. The van der Waals surface area contributed by atoms with Crippen molar-refractivity contribution in [2.45, 2.75) is 50.6 Å². The molecule has 106 valence electrons. The van der Waals surface area contributed by atoms with Gasteiger partial charge in [-0.15, -0.1) is 0 Å². The number of hydrogen-bond donors (Lipinski definition) is 1. The molecule has 0 radical (unpaired) electrons. The first kappa shape index (κ1) is 14.5. The van der Waals surface area contributed by atoms with Crippen molar-refractivity contribution >= 4 is 7.12 Å². The van der Waals surface area contributed by atoms with Crippen molar-refractivity contribution in [1.82, 2.24) is 0 Å². The van der Waals surface area contributed by atoms with Crippen molar-refractivity contribution in [2.24, 2.45) is 5.73 Å². The number of halogens is 3. The second-order valence-electron chi connectivity index (χ2n) is 5.95. The predicted molar refractivity (Wildman–Crippen MR) is 66.3 cm³/mol. The molecular formula is C12H17BF3NO2. The van der Waals surface area contributed by atoms with Crippen molar-refractivity contribution in [1.29, 1.82) is 0 Å². The molecule has 0 spiro atoms. The van der Waals surface area contributed by atoms with Crippen LogP contribution in [-0.2, 0) is 9.31 Å². The number of hydrogen-bond acceptors (Lipinski definition) is 3. The van der Waals surface area contributed by atoms with Crippen molar-refractivity contribution in [3.8, 4) is 0 Å². The molecule has 1 fully saturated rings. The van der Waals surface area contributed by atoms with Crippen LogP contribution in [0.15, 0.2) is 23.7 Å². The minimum absolute atomic E-state index is 0.516. The van der Waals surface area contributed by atoms with Gasteiger partial charge in [0.15, 0.2) is 11.7 Å². The summed E-state index contributed by atoms with van der Waals surface area (Å²) in [5, 5.41) is 0. The maximum Gasteiger partial charge on any atom is 0.506 e. The number of nitrogens with two attached hydrogens (primary N) is 1. The molecule has 1 heterocycles. The smallest absolute Gasteiger partial charge is 0.401 e. The van der Waals surface area contributed by atoms with Gasteiger partial charge in [0.05, 0.1) is 11.2 Å². The number of rotatable bonds is 1. The minimum Gasteiger partial charge on any atom is -0.401 e. The monoisotopic (exact) mass is 275 g/mol. The lowest BCUT2D eigenvalue weighted by molar-refractivity contribution is 0.00578. The van der Waals surface area contributed by atoms with Gasteiger partial charge in [0.25, 0.3) is 0 Å². The molecule has 0 aromatic rings. The SMILES string of the molecule is CC1(C)OB(C2(F)C=C(N)C(F)C(F)=C2)OC1(C)C. The van der Waals surface area contributed by atoms with Crippen LogP contribution >= 0.6 is 0 Å². The summed E-state index contributed by atoms with van der Waals surface area (Å²) >= 11 is 0. The summed E-state index contributed by atoms with van der Waals surface area (Å²) in [5.74, 6) is -1.27. The lowest BCUT2D eigenvalue weighted by Crippen LogP contribution is -2.45. The van der Waals surface area contributed by atoms with Crippen LogP contribution in [0.2, 0.25) is 0 Å². The van der Waals surface area contributed by atoms with Crippen LogP contribution in [0.5, 0.6) is 0 Å². The first-order chi connectivity index (χ1) is 8.48. The molecule has 0 aromatic carbocycles. The van der Waals surface area contributed by atoms with E-state index in [1.54, 1.807) is 27.7 Å². The molecule has 2 atom stereocenters. The highest BCUT2D eigenvalue weighted by Crippen LogP contribution is 2.43. The molecule has 0 aromatic heterocycles. The molecule has 1 saturated heterocycles. The summed E-state index contributed by atoms with van der Waals surface area (Å²) in [6, 6.07) is 0. The number of allylic oxidation sites excluding steroid dienone is 3. The van der Waals surface area contributed by atoms with E-state index in [0.717, 1.165) is 6.08 Å². The maximum absolute atomic E-state index is 14.7. The summed E-state index contributed by atoms with van der Waals surface area (Å²) in [6.07, 6.45) is -0.773. The van der Waals surface area contributed by atoms with Gasteiger partial charge in [-0.2, -0.15) is 0 Å². The van der Waals surface area contributed by atoms with Crippen LogP contribution in [0.3, 0.4) is 0 Å². The first-order valence-electron chi connectivity index (χ1n) is 6.04. The summed E-state index contributed by atoms with van der Waals surface area (Å²) in [6.45, 7) is 6.96. The van der Waals surface area contributed by atoms with Gasteiger partial charge in [0.2, 0.25) is 0 Å². The van der Waals surface area contributed by atoms with Crippen LogP contribution < -0.4 is 5.73 Å². The molecule has 0 saturated carbocycles. The molecule has 1 aliphatic carbocycles. The van der Waals surface area contributed by atoms with Gasteiger partial charge in [-0.3, -0.25) is 0 Å². The highest BCUT2D eigenvalue weighted by molar-refractivity contribution is 6.51. The van der Waals surface area contributed by atoms with Crippen LogP contribution in [0.4, 0.5) is 13.2 Å². The Hall–Kier alpha value is -0.945. The summed E-state index contributed by atoms with van der Waals surface area (Å²) in [4.78, 5) is 0. The molecule has 2 rings (SSSR count). The van der Waals surface area contributed by atoms with Crippen molar-refractivity contribution < 1.29 is 22.5 Å². The molecule has 1 aliphatic heterocycles. The summed E-state index contributed by atoms with van der Waals surface area (Å²) in [5.41, 5.74) is 0.835. The topological polar surface area (TPSA) is 44.5 Å². The Bertz CT molecular complexity index is 426. The highest BCUT2D eigenvalue weighted by Gasteiger charge is 2.60. The van der Waals surface area contributed by atoms with E-state index in [4.69, 9.17) is 15.0 Å². The van der Waals surface area contributed by atoms with Crippen LogP contribution in [0.1, 0.15) is 27.7 Å². The zero-order chi connectivity index (χ0) is 14.6. The van der Waals surface area contributed by atoms with Crippen molar-refractivity contribution in [3.63, 3.8) is 0 Å². The van der Waals surface area contributed by atoms with E-state index in [2.05, 4.69) is 0 Å². The highest BCUT2D eigenvalue weighted by atomic mass is 19.2. The zero-order valence-corrected chi connectivity index (χ0v) is 11.3. The predicted octanol–water partition coefficient (Wildman–Crippen LogP) is 2.37. The van der Waals surface area contributed by atoms with Gasteiger partial charge in [0.1, 0.15) is 5.83 Å². The Balaban J connectivity index is 2.34. The molecule has 2 unspecified atom stereocenters. The van der Waals surface area contributed by atoms with Crippen LogP contribution in [0.25, 0.3) is 0 Å². The average Bonchev–Trinajstić information content (AvgIpc) is 2.45. The molecular weight excluding hydrogens is 258 g/mol. The Kier molecular flexibility index (Phi) is 3.06. The van der Waals surface area contributed by atoms with Gasteiger partial charge in [-0.05, 0) is 39.8 Å². The van der Waals surface area contributed by atoms with E-state index < -0.39 is 41.6 Å². The lowest BCUT2D eigenvalue weighted by atomic mass is 9.66. The Morgan fingerprint density at radius 3 is 2.05 bits per heavy atom. The second-order valence-corrected chi connectivity index (χ2v) is 5.95. The van der Waals surface area contributed by atoms with Gasteiger partial charge in [0, 0.05) is 5.70 Å². The fourth-order valence-electron chi connectivity index (χ4n) is 1.97. The fourth-order valence-corrected chi connectivity index (χ4v) is 1.97. The normalized spacial score (nSPS) is 37.0. The van der Waals surface area contributed by atoms with E-state index in [1.807, 2.05) is 0 Å². The molecule has 0 bridgehead atoms. The van der Waals surface area contributed by atoms with Crippen LogP contribution in [0, 0.1) is 0 Å². The molecule has 2 N–H and O–H groups in total. The largest absolute Gasteiger partial charge is 0.506 e. The standard InChI is InChI=1S/C12H17BF3NO2/c1-10(2)11(3,4)19-13(18-10)12(16)5-7(14)9(15)8(17)6-12/h5-6,9H,17H2,1-4H3.